The molecule has 0 atom stereocenters. The Morgan fingerprint density at radius 2 is 1.86 bits per heavy atom. The third kappa shape index (κ3) is 3.76. The second-order valence-corrected chi connectivity index (χ2v) is 5.19. The van der Waals surface area contributed by atoms with Gasteiger partial charge in [0.1, 0.15) is 6.61 Å². The first-order chi connectivity index (χ1) is 10.2. The number of ether oxygens (including phenoxy) is 2. The average Bonchev–Trinajstić information content (AvgIpc) is 2.49. The van der Waals surface area contributed by atoms with Crippen LogP contribution in [0.25, 0.3) is 0 Å². The first-order valence-corrected chi connectivity index (χ1v) is 7.20. The number of benzene rings is 2. The summed E-state index contributed by atoms with van der Waals surface area (Å²) in [5.41, 5.74) is 10.5. The van der Waals surface area contributed by atoms with Crippen molar-refractivity contribution in [2.75, 3.05) is 13.7 Å². The Balaban J connectivity index is 2.20. The zero-order valence-electron chi connectivity index (χ0n) is 13.0. The molecule has 2 aromatic rings. The van der Waals surface area contributed by atoms with Gasteiger partial charge in [-0.05, 0) is 55.1 Å². The maximum absolute atomic E-state index is 6.01. The summed E-state index contributed by atoms with van der Waals surface area (Å²) in [7, 11) is 1.66. The van der Waals surface area contributed by atoms with Crippen LogP contribution in [0.4, 0.5) is 0 Å². The van der Waals surface area contributed by atoms with E-state index in [0.717, 1.165) is 29.0 Å². The Hall–Kier alpha value is -2.00. The minimum atomic E-state index is 0.527. The molecule has 0 heterocycles. The van der Waals surface area contributed by atoms with Crippen LogP contribution >= 0.6 is 0 Å². The predicted octanol–water partition coefficient (Wildman–Crippen LogP) is 3.39. The molecule has 0 fully saturated rings. The fraction of sp³-hybridized carbons (Fsp3) is 0.333. The highest BCUT2D eigenvalue weighted by atomic mass is 16.5. The van der Waals surface area contributed by atoms with Crippen LogP contribution in [0, 0.1) is 13.8 Å². The van der Waals surface area contributed by atoms with Gasteiger partial charge in [0.15, 0.2) is 11.5 Å². The number of methoxy groups -OCH3 is 1. The van der Waals surface area contributed by atoms with Gasteiger partial charge in [0.2, 0.25) is 0 Å². The molecule has 2 N–H and O–H groups in total. The summed E-state index contributed by atoms with van der Waals surface area (Å²) < 4.78 is 11.4. The largest absolute Gasteiger partial charge is 0.493 e. The molecule has 0 amide bonds. The van der Waals surface area contributed by atoms with Gasteiger partial charge in [-0.3, -0.25) is 0 Å². The van der Waals surface area contributed by atoms with Gasteiger partial charge in [0.05, 0.1) is 7.11 Å². The number of rotatable bonds is 6. The second kappa shape index (κ2) is 7.14. The number of aryl methyl sites for hydroxylation is 2. The molecular formula is C18H23NO2. The molecule has 0 aliphatic rings. The molecule has 0 saturated carbocycles. The molecule has 3 nitrogen and oxygen atoms in total. The summed E-state index contributed by atoms with van der Waals surface area (Å²) in [5.74, 6) is 1.55. The third-order valence-electron chi connectivity index (χ3n) is 3.65. The molecule has 0 aliphatic carbocycles. The van der Waals surface area contributed by atoms with E-state index in [1.807, 2.05) is 18.2 Å². The molecule has 3 heteroatoms. The molecule has 112 valence electrons. The molecule has 2 rings (SSSR count). The molecule has 0 spiro atoms. The second-order valence-electron chi connectivity index (χ2n) is 5.19. The molecule has 0 saturated heterocycles. The first-order valence-electron chi connectivity index (χ1n) is 7.20. The zero-order valence-corrected chi connectivity index (χ0v) is 13.0. The van der Waals surface area contributed by atoms with E-state index >= 15 is 0 Å². The van der Waals surface area contributed by atoms with Crippen molar-refractivity contribution < 1.29 is 9.47 Å². The lowest BCUT2D eigenvalue weighted by Crippen LogP contribution is -2.06. The van der Waals surface area contributed by atoms with Crippen molar-refractivity contribution in [3.63, 3.8) is 0 Å². The van der Waals surface area contributed by atoms with Crippen LogP contribution in [0.2, 0.25) is 0 Å². The Morgan fingerprint density at radius 3 is 2.52 bits per heavy atom. The van der Waals surface area contributed by atoms with E-state index in [9.17, 15) is 0 Å². The van der Waals surface area contributed by atoms with Gasteiger partial charge in [-0.1, -0.05) is 30.3 Å². The summed E-state index contributed by atoms with van der Waals surface area (Å²) in [6, 6.07) is 12.3. The van der Waals surface area contributed by atoms with Crippen LogP contribution in [0.15, 0.2) is 36.4 Å². The van der Waals surface area contributed by atoms with Crippen molar-refractivity contribution in [1.29, 1.82) is 0 Å². The molecule has 0 unspecified atom stereocenters. The lowest BCUT2D eigenvalue weighted by atomic mass is 10.1. The maximum atomic E-state index is 6.01. The van der Waals surface area contributed by atoms with Crippen LogP contribution in [-0.2, 0) is 13.0 Å². The summed E-state index contributed by atoms with van der Waals surface area (Å²) in [5, 5.41) is 0. The molecule has 0 bridgehead atoms. The summed E-state index contributed by atoms with van der Waals surface area (Å²) in [6.07, 6.45) is 0.777. The van der Waals surface area contributed by atoms with Crippen molar-refractivity contribution in [1.82, 2.24) is 0 Å². The molecule has 0 aliphatic heterocycles. The van der Waals surface area contributed by atoms with Gasteiger partial charge in [-0.2, -0.15) is 0 Å². The van der Waals surface area contributed by atoms with E-state index in [0.29, 0.717) is 13.2 Å². The van der Waals surface area contributed by atoms with E-state index in [1.165, 1.54) is 11.1 Å². The van der Waals surface area contributed by atoms with Crippen LogP contribution < -0.4 is 15.2 Å². The van der Waals surface area contributed by atoms with E-state index in [1.54, 1.807) is 7.11 Å². The highest BCUT2D eigenvalue weighted by molar-refractivity contribution is 5.47. The summed E-state index contributed by atoms with van der Waals surface area (Å²) >= 11 is 0. The monoisotopic (exact) mass is 285 g/mol. The molecule has 21 heavy (non-hydrogen) atoms. The Kier molecular flexibility index (Phi) is 5.23. The van der Waals surface area contributed by atoms with Crippen LogP contribution in [0.3, 0.4) is 0 Å². The zero-order chi connectivity index (χ0) is 15.2. The Morgan fingerprint density at radius 1 is 1.05 bits per heavy atom. The van der Waals surface area contributed by atoms with E-state index in [4.69, 9.17) is 15.2 Å². The molecule has 2 aromatic carbocycles. The van der Waals surface area contributed by atoms with Crippen molar-refractivity contribution in [2.45, 2.75) is 26.9 Å². The van der Waals surface area contributed by atoms with E-state index < -0.39 is 0 Å². The van der Waals surface area contributed by atoms with Crippen molar-refractivity contribution in [3.8, 4) is 11.5 Å². The topological polar surface area (TPSA) is 44.5 Å². The normalized spacial score (nSPS) is 10.5. The number of para-hydroxylation sites is 1. The quantitative estimate of drug-likeness (QED) is 0.884. The van der Waals surface area contributed by atoms with Gasteiger partial charge in [-0.15, -0.1) is 0 Å². The fourth-order valence-electron chi connectivity index (χ4n) is 2.29. The predicted molar refractivity (Wildman–Crippen MR) is 86.0 cm³/mol. The summed E-state index contributed by atoms with van der Waals surface area (Å²) in [6.45, 7) is 5.34. The number of nitrogens with two attached hydrogens (primary N) is 1. The lowest BCUT2D eigenvalue weighted by molar-refractivity contribution is 0.281. The van der Waals surface area contributed by atoms with Gasteiger partial charge < -0.3 is 15.2 Å². The van der Waals surface area contributed by atoms with Gasteiger partial charge >= 0.3 is 0 Å². The highest BCUT2D eigenvalue weighted by Crippen LogP contribution is 2.32. The standard InChI is InChI=1S/C18H23NO2/c1-13-7-8-15(11-14(13)2)12-21-18-16(9-10-19)5-4-6-17(18)20-3/h4-8,11H,9-10,12,19H2,1-3H3. The number of hydrogen-bond donors (Lipinski definition) is 1. The van der Waals surface area contributed by atoms with Crippen LogP contribution in [0.1, 0.15) is 22.3 Å². The molecular weight excluding hydrogens is 262 g/mol. The maximum Gasteiger partial charge on any atom is 0.164 e. The Bertz CT molecular complexity index is 608. The van der Waals surface area contributed by atoms with E-state index in [-0.39, 0.29) is 0 Å². The van der Waals surface area contributed by atoms with E-state index in [2.05, 4.69) is 32.0 Å². The Labute approximate surface area is 126 Å². The smallest absolute Gasteiger partial charge is 0.164 e. The summed E-state index contributed by atoms with van der Waals surface area (Å²) in [4.78, 5) is 0. The van der Waals surface area contributed by atoms with Crippen LogP contribution in [0.5, 0.6) is 11.5 Å². The van der Waals surface area contributed by atoms with Crippen LogP contribution in [-0.4, -0.2) is 13.7 Å². The van der Waals surface area contributed by atoms with Crippen molar-refractivity contribution in [2.24, 2.45) is 5.73 Å². The van der Waals surface area contributed by atoms with Gasteiger partial charge in [0.25, 0.3) is 0 Å². The van der Waals surface area contributed by atoms with Gasteiger partial charge in [0, 0.05) is 0 Å². The first kappa shape index (κ1) is 15.4. The highest BCUT2D eigenvalue weighted by Gasteiger charge is 2.10. The third-order valence-corrected chi connectivity index (χ3v) is 3.65. The minimum absolute atomic E-state index is 0.527. The van der Waals surface area contributed by atoms with Crippen molar-refractivity contribution in [3.05, 3.63) is 58.7 Å². The number of hydrogen-bond acceptors (Lipinski definition) is 3. The molecule has 0 aromatic heterocycles. The SMILES string of the molecule is COc1cccc(CCN)c1OCc1ccc(C)c(C)c1. The van der Waals surface area contributed by atoms with Crippen molar-refractivity contribution >= 4 is 0 Å². The average molecular weight is 285 g/mol. The van der Waals surface area contributed by atoms with Gasteiger partial charge in [-0.25, -0.2) is 0 Å². The molecule has 0 radical (unpaired) electrons. The fourth-order valence-corrected chi connectivity index (χ4v) is 2.29. The lowest BCUT2D eigenvalue weighted by Gasteiger charge is -2.15. The minimum Gasteiger partial charge on any atom is -0.493 e.